The van der Waals surface area contributed by atoms with Gasteiger partial charge in [0.2, 0.25) is 5.91 Å². The highest BCUT2D eigenvalue weighted by Crippen LogP contribution is 2.22. The monoisotopic (exact) mass is 390 g/mol. The highest BCUT2D eigenvalue weighted by atomic mass is 16.2. The van der Waals surface area contributed by atoms with Gasteiger partial charge in [-0.1, -0.05) is 50.2 Å². The Balaban J connectivity index is 1.81. The topological polar surface area (TPSA) is 76.0 Å². The number of benzene rings is 2. The lowest BCUT2D eigenvalue weighted by Crippen LogP contribution is -2.16. The number of aromatic nitrogens is 2. The van der Waals surface area contributed by atoms with Crippen molar-refractivity contribution in [3.8, 4) is 0 Å². The molecule has 0 aliphatic heterocycles. The van der Waals surface area contributed by atoms with Gasteiger partial charge in [0, 0.05) is 17.8 Å². The highest BCUT2D eigenvalue weighted by Gasteiger charge is 2.17. The van der Waals surface area contributed by atoms with E-state index in [1.165, 1.54) is 0 Å². The predicted molar refractivity (Wildman–Crippen MR) is 115 cm³/mol. The number of aryl methyl sites for hydroxylation is 1. The summed E-state index contributed by atoms with van der Waals surface area (Å²) in [7, 11) is 0. The molecule has 0 saturated heterocycles. The van der Waals surface area contributed by atoms with Crippen LogP contribution in [0.5, 0.6) is 0 Å². The summed E-state index contributed by atoms with van der Waals surface area (Å²) in [4.78, 5) is 24.6. The first-order valence-corrected chi connectivity index (χ1v) is 9.82. The normalized spacial score (nSPS) is 10.6. The molecule has 3 rings (SSSR count). The van der Waals surface area contributed by atoms with Crippen molar-refractivity contribution in [3.05, 3.63) is 77.1 Å². The van der Waals surface area contributed by atoms with Crippen molar-refractivity contribution >= 4 is 23.2 Å². The molecular weight excluding hydrogens is 364 g/mol. The van der Waals surface area contributed by atoms with Crippen molar-refractivity contribution < 1.29 is 9.59 Å². The summed E-state index contributed by atoms with van der Waals surface area (Å²) in [5, 5.41) is 10.2. The molecule has 0 saturated carbocycles. The quantitative estimate of drug-likeness (QED) is 0.628. The van der Waals surface area contributed by atoms with Crippen molar-refractivity contribution in [2.45, 2.75) is 40.2 Å². The summed E-state index contributed by atoms with van der Waals surface area (Å²) in [6, 6.07) is 15.5. The molecule has 0 atom stereocenters. The molecule has 0 aliphatic carbocycles. The highest BCUT2D eigenvalue weighted by molar-refractivity contribution is 6.05. The number of hydrogen-bond acceptors (Lipinski definition) is 3. The lowest BCUT2D eigenvalue weighted by atomic mass is 10.1. The second kappa shape index (κ2) is 9.19. The van der Waals surface area contributed by atoms with E-state index in [-0.39, 0.29) is 11.8 Å². The summed E-state index contributed by atoms with van der Waals surface area (Å²) in [6.45, 7) is 6.35. The molecule has 0 unspecified atom stereocenters. The van der Waals surface area contributed by atoms with Crippen LogP contribution in [-0.2, 0) is 17.8 Å². The first kappa shape index (κ1) is 20.3. The van der Waals surface area contributed by atoms with E-state index >= 15 is 0 Å². The number of hydrogen-bond donors (Lipinski definition) is 2. The third-order valence-electron chi connectivity index (χ3n) is 4.79. The summed E-state index contributed by atoms with van der Waals surface area (Å²) >= 11 is 0. The minimum Gasteiger partial charge on any atom is -0.326 e. The van der Waals surface area contributed by atoms with Crippen LogP contribution >= 0.6 is 0 Å². The van der Waals surface area contributed by atoms with Gasteiger partial charge in [-0.25, -0.2) is 0 Å². The minimum atomic E-state index is -0.205. The molecule has 3 aromatic rings. The molecule has 2 N–H and O–H groups in total. The van der Waals surface area contributed by atoms with Crippen molar-refractivity contribution in [1.29, 1.82) is 0 Å². The van der Waals surface area contributed by atoms with Gasteiger partial charge < -0.3 is 10.6 Å². The molecule has 150 valence electrons. The fourth-order valence-electron chi connectivity index (χ4n) is 3.14. The van der Waals surface area contributed by atoms with Crippen LogP contribution in [0.4, 0.5) is 11.4 Å². The Morgan fingerprint density at radius 3 is 2.48 bits per heavy atom. The Labute approximate surface area is 170 Å². The van der Waals surface area contributed by atoms with E-state index in [9.17, 15) is 9.59 Å². The summed E-state index contributed by atoms with van der Waals surface area (Å²) < 4.78 is 1.87. The van der Waals surface area contributed by atoms with Crippen LogP contribution in [0.2, 0.25) is 0 Å². The number of rotatable bonds is 7. The summed E-state index contributed by atoms with van der Waals surface area (Å²) in [6.07, 6.45) is 2.71. The van der Waals surface area contributed by atoms with Gasteiger partial charge in [0.05, 0.1) is 24.0 Å². The number of amides is 2. The number of anilines is 2. The Bertz CT molecular complexity index is 1010. The third-order valence-corrected chi connectivity index (χ3v) is 4.79. The van der Waals surface area contributed by atoms with Crippen LogP contribution in [0.1, 0.15) is 47.4 Å². The lowest BCUT2D eigenvalue weighted by Gasteiger charge is -2.12. The summed E-state index contributed by atoms with van der Waals surface area (Å²) in [5.74, 6) is -0.273. The molecule has 6 heteroatoms. The molecule has 0 aliphatic rings. The zero-order chi connectivity index (χ0) is 20.8. The lowest BCUT2D eigenvalue weighted by molar-refractivity contribution is -0.115. The standard InChI is InChI=1S/C23H26N4O2/c1-4-21-19(14-24-27(21)15-17-9-7-6-8-10-17)23(29)26-20-13-18(12-11-16(20)3)25-22(28)5-2/h6-14H,4-5,15H2,1-3H3,(H,25,28)(H,26,29). The van der Waals surface area contributed by atoms with Crippen LogP contribution in [0, 0.1) is 6.92 Å². The zero-order valence-corrected chi connectivity index (χ0v) is 17.0. The largest absolute Gasteiger partial charge is 0.326 e. The molecule has 29 heavy (non-hydrogen) atoms. The maximum absolute atomic E-state index is 12.9. The zero-order valence-electron chi connectivity index (χ0n) is 17.0. The molecule has 0 spiro atoms. The van der Waals surface area contributed by atoms with Gasteiger partial charge in [-0.15, -0.1) is 0 Å². The second-order valence-corrected chi connectivity index (χ2v) is 6.89. The van der Waals surface area contributed by atoms with E-state index in [4.69, 9.17) is 0 Å². The van der Waals surface area contributed by atoms with Crippen LogP contribution in [0.25, 0.3) is 0 Å². The average Bonchev–Trinajstić information content (AvgIpc) is 3.13. The molecule has 6 nitrogen and oxygen atoms in total. The Hall–Kier alpha value is -3.41. The number of nitrogens with one attached hydrogen (secondary N) is 2. The maximum atomic E-state index is 12.9. The Kier molecular flexibility index (Phi) is 6.44. The van der Waals surface area contributed by atoms with Gasteiger partial charge in [-0.2, -0.15) is 5.10 Å². The number of carbonyl (C=O) groups is 2. The van der Waals surface area contributed by atoms with Gasteiger partial charge in [0.25, 0.3) is 5.91 Å². The first-order chi connectivity index (χ1) is 14.0. The third kappa shape index (κ3) is 4.90. The second-order valence-electron chi connectivity index (χ2n) is 6.89. The van der Waals surface area contributed by atoms with E-state index in [2.05, 4.69) is 15.7 Å². The fourth-order valence-corrected chi connectivity index (χ4v) is 3.14. The molecule has 0 fully saturated rings. The molecule has 1 aromatic heterocycles. The van der Waals surface area contributed by atoms with Gasteiger partial charge >= 0.3 is 0 Å². The van der Waals surface area contributed by atoms with Crippen LogP contribution in [0.15, 0.2) is 54.7 Å². The minimum absolute atomic E-state index is 0.0680. The smallest absolute Gasteiger partial charge is 0.259 e. The average molecular weight is 390 g/mol. The maximum Gasteiger partial charge on any atom is 0.259 e. The first-order valence-electron chi connectivity index (χ1n) is 9.82. The SMILES string of the molecule is CCC(=O)Nc1ccc(C)c(NC(=O)c2cnn(Cc3ccccc3)c2CC)c1. The van der Waals surface area contributed by atoms with E-state index in [1.807, 2.05) is 61.0 Å². The van der Waals surface area contributed by atoms with Gasteiger partial charge in [0.15, 0.2) is 0 Å². The van der Waals surface area contributed by atoms with Crippen LogP contribution in [0.3, 0.4) is 0 Å². The molecule has 2 aromatic carbocycles. The van der Waals surface area contributed by atoms with Crippen molar-refractivity contribution in [3.63, 3.8) is 0 Å². The van der Waals surface area contributed by atoms with Crippen LogP contribution < -0.4 is 10.6 Å². The van der Waals surface area contributed by atoms with Gasteiger partial charge in [0.1, 0.15) is 0 Å². The van der Waals surface area contributed by atoms with E-state index in [0.717, 1.165) is 16.8 Å². The van der Waals surface area contributed by atoms with E-state index in [0.29, 0.717) is 36.3 Å². The summed E-state index contributed by atoms with van der Waals surface area (Å²) in [5.41, 5.74) is 4.83. The predicted octanol–water partition coefficient (Wildman–Crippen LogP) is 4.40. The molecule has 2 amide bonds. The Morgan fingerprint density at radius 1 is 1.03 bits per heavy atom. The van der Waals surface area contributed by atoms with Crippen molar-refractivity contribution in [2.24, 2.45) is 0 Å². The fraction of sp³-hybridized carbons (Fsp3) is 0.261. The van der Waals surface area contributed by atoms with E-state index < -0.39 is 0 Å². The van der Waals surface area contributed by atoms with Crippen LogP contribution in [-0.4, -0.2) is 21.6 Å². The van der Waals surface area contributed by atoms with Gasteiger partial charge in [-0.3, -0.25) is 14.3 Å². The number of nitrogens with zero attached hydrogens (tertiary/aromatic N) is 2. The Morgan fingerprint density at radius 2 is 1.79 bits per heavy atom. The molecule has 0 radical (unpaired) electrons. The van der Waals surface area contributed by atoms with Crippen molar-refractivity contribution in [2.75, 3.05) is 10.6 Å². The molecule has 1 heterocycles. The van der Waals surface area contributed by atoms with Crippen molar-refractivity contribution in [1.82, 2.24) is 9.78 Å². The number of carbonyl (C=O) groups excluding carboxylic acids is 2. The van der Waals surface area contributed by atoms with E-state index in [1.54, 1.807) is 19.2 Å². The molecule has 0 bridgehead atoms. The molecular formula is C23H26N4O2. The van der Waals surface area contributed by atoms with Gasteiger partial charge in [-0.05, 0) is 36.6 Å².